The summed E-state index contributed by atoms with van der Waals surface area (Å²) in [5.74, 6) is -0.317. The van der Waals surface area contributed by atoms with Gasteiger partial charge in [-0.05, 0) is 19.9 Å². The van der Waals surface area contributed by atoms with Gasteiger partial charge in [0.05, 0.1) is 18.4 Å². The first-order valence-electron chi connectivity index (χ1n) is 5.25. The van der Waals surface area contributed by atoms with Crippen LogP contribution in [0.25, 0.3) is 11.4 Å². The molecule has 0 amide bonds. The lowest BCUT2D eigenvalue weighted by atomic mass is 10.2. The zero-order chi connectivity index (χ0) is 12.3. The molecular weight excluding hydrogens is 224 g/mol. The molecule has 6 heteroatoms. The number of aromatic nitrogens is 2. The van der Waals surface area contributed by atoms with Gasteiger partial charge >= 0.3 is 5.97 Å². The number of carbonyl (C=O) groups excluding carboxylic acids is 1. The average molecular weight is 236 g/mol. The maximum atomic E-state index is 11.5. The van der Waals surface area contributed by atoms with E-state index in [0.717, 1.165) is 0 Å². The minimum absolute atomic E-state index is 0.236. The van der Waals surface area contributed by atoms with Gasteiger partial charge in [-0.2, -0.15) is 4.98 Å². The van der Waals surface area contributed by atoms with E-state index in [4.69, 9.17) is 13.7 Å². The molecule has 2 aromatic heterocycles. The van der Waals surface area contributed by atoms with Crippen LogP contribution in [0.4, 0.5) is 0 Å². The number of hydrogen-bond acceptors (Lipinski definition) is 6. The smallest absolute Gasteiger partial charge is 0.318 e. The van der Waals surface area contributed by atoms with E-state index in [2.05, 4.69) is 10.1 Å². The molecule has 0 aliphatic rings. The van der Waals surface area contributed by atoms with Crippen molar-refractivity contribution >= 4 is 5.97 Å². The Morgan fingerprint density at radius 3 is 3.06 bits per heavy atom. The molecule has 0 saturated heterocycles. The lowest BCUT2D eigenvalue weighted by Gasteiger charge is -2.04. The Morgan fingerprint density at radius 2 is 2.41 bits per heavy atom. The number of nitrogens with zero attached hydrogens (tertiary/aromatic N) is 2. The van der Waals surface area contributed by atoms with Crippen LogP contribution in [0, 0.1) is 0 Å². The summed E-state index contributed by atoms with van der Waals surface area (Å²) in [4.78, 5) is 15.6. The maximum absolute atomic E-state index is 11.5. The fourth-order valence-electron chi connectivity index (χ4n) is 1.29. The van der Waals surface area contributed by atoms with Crippen molar-refractivity contribution in [1.82, 2.24) is 10.1 Å². The summed E-state index contributed by atoms with van der Waals surface area (Å²) in [6.45, 7) is 3.73. The monoisotopic (exact) mass is 236 g/mol. The first-order valence-corrected chi connectivity index (χ1v) is 5.25. The van der Waals surface area contributed by atoms with Gasteiger partial charge < -0.3 is 13.7 Å². The zero-order valence-electron chi connectivity index (χ0n) is 9.54. The number of ether oxygens (including phenoxy) is 1. The molecule has 1 atom stereocenters. The van der Waals surface area contributed by atoms with E-state index >= 15 is 0 Å². The van der Waals surface area contributed by atoms with Crippen LogP contribution < -0.4 is 0 Å². The number of hydrogen-bond donors (Lipinski definition) is 0. The summed E-state index contributed by atoms with van der Waals surface area (Å²) in [7, 11) is 0. The van der Waals surface area contributed by atoms with E-state index in [1.807, 2.05) is 0 Å². The molecule has 2 rings (SSSR count). The quantitative estimate of drug-likeness (QED) is 0.755. The third-order valence-electron chi connectivity index (χ3n) is 2.23. The third-order valence-corrected chi connectivity index (χ3v) is 2.23. The Balaban J connectivity index is 2.16. The Morgan fingerprint density at radius 1 is 1.59 bits per heavy atom. The van der Waals surface area contributed by atoms with Crippen LogP contribution in [-0.4, -0.2) is 22.7 Å². The minimum Gasteiger partial charge on any atom is -0.472 e. The van der Waals surface area contributed by atoms with Crippen molar-refractivity contribution in [2.24, 2.45) is 0 Å². The van der Waals surface area contributed by atoms with Crippen molar-refractivity contribution in [2.75, 3.05) is 6.61 Å². The number of carbonyl (C=O) groups is 1. The molecule has 0 aliphatic heterocycles. The van der Waals surface area contributed by atoms with Crippen molar-refractivity contribution in [3.8, 4) is 11.4 Å². The molecule has 0 saturated carbocycles. The maximum Gasteiger partial charge on any atom is 0.318 e. The lowest BCUT2D eigenvalue weighted by Crippen LogP contribution is -2.13. The standard InChI is InChI=1S/C11H12N2O4/c1-3-16-11(14)7(2)10-12-9(13-17-10)8-4-5-15-6-8/h4-7H,3H2,1-2H3. The highest BCUT2D eigenvalue weighted by Crippen LogP contribution is 2.20. The number of rotatable bonds is 4. The molecule has 90 valence electrons. The Bertz CT molecular complexity index is 489. The van der Waals surface area contributed by atoms with Gasteiger partial charge in [0.2, 0.25) is 11.7 Å². The molecule has 0 bridgehead atoms. The van der Waals surface area contributed by atoms with Gasteiger partial charge in [0.1, 0.15) is 12.2 Å². The summed E-state index contributed by atoms with van der Waals surface area (Å²) in [5.41, 5.74) is 0.705. The average Bonchev–Trinajstić information content (AvgIpc) is 2.98. The fourth-order valence-corrected chi connectivity index (χ4v) is 1.29. The molecule has 0 N–H and O–H groups in total. The summed E-state index contributed by atoms with van der Waals surface area (Å²) < 4.78 is 14.8. The topological polar surface area (TPSA) is 78.4 Å². The molecule has 2 heterocycles. The minimum atomic E-state index is -0.567. The molecule has 17 heavy (non-hydrogen) atoms. The van der Waals surface area contributed by atoms with Gasteiger partial charge in [0.15, 0.2) is 0 Å². The van der Waals surface area contributed by atoms with Crippen LogP contribution in [0.2, 0.25) is 0 Å². The molecule has 6 nitrogen and oxygen atoms in total. The Labute approximate surface area is 97.6 Å². The molecular formula is C11H12N2O4. The van der Waals surface area contributed by atoms with Crippen LogP contribution in [0.5, 0.6) is 0 Å². The van der Waals surface area contributed by atoms with E-state index in [9.17, 15) is 4.79 Å². The number of furan rings is 1. The first kappa shape index (κ1) is 11.4. The van der Waals surface area contributed by atoms with E-state index in [1.54, 1.807) is 19.9 Å². The summed E-state index contributed by atoms with van der Waals surface area (Å²) in [6.07, 6.45) is 3.02. The SMILES string of the molecule is CCOC(=O)C(C)c1nc(-c2ccoc2)no1. The zero-order valence-corrected chi connectivity index (χ0v) is 9.54. The van der Waals surface area contributed by atoms with Gasteiger partial charge in [0.25, 0.3) is 0 Å². The largest absolute Gasteiger partial charge is 0.472 e. The predicted molar refractivity (Wildman–Crippen MR) is 57.0 cm³/mol. The molecule has 0 aliphatic carbocycles. The van der Waals surface area contributed by atoms with Crippen LogP contribution >= 0.6 is 0 Å². The summed E-state index contributed by atoms with van der Waals surface area (Å²) >= 11 is 0. The van der Waals surface area contributed by atoms with Crippen molar-refractivity contribution < 1.29 is 18.5 Å². The molecule has 0 radical (unpaired) electrons. The Kier molecular flexibility index (Phi) is 3.22. The summed E-state index contributed by atoms with van der Waals surface area (Å²) in [5, 5.41) is 3.77. The van der Waals surface area contributed by atoms with Crippen LogP contribution in [0.1, 0.15) is 25.7 Å². The van der Waals surface area contributed by atoms with Gasteiger partial charge in [-0.25, -0.2) is 0 Å². The van der Waals surface area contributed by atoms with Crippen molar-refractivity contribution in [3.05, 3.63) is 24.5 Å². The van der Waals surface area contributed by atoms with Crippen molar-refractivity contribution in [3.63, 3.8) is 0 Å². The van der Waals surface area contributed by atoms with Crippen LogP contribution in [0.3, 0.4) is 0 Å². The lowest BCUT2D eigenvalue weighted by molar-refractivity contribution is -0.145. The number of esters is 1. The normalized spacial score (nSPS) is 12.4. The Hall–Kier alpha value is -2.11. The first-order chi connectivity index (χ1) is 8.22. The predicted octanol–water partition coefficient (Wildman–Crippen LogP) is 2.00. The van der Waals surface area contributed by atoms with Gasteiger partial charge in [-0.3, -0.25) is 4.79 Å². The van der Waals surface area contributed by atoms with Crippen molar-refractivity contribution in [2.45, 2.75) is 19.8 Å². The molecule has 1 unspecified atom stereocenters. The van der Waals surface area contributed by atoms with E-state index < -0.39 is 5.92 Å². The van der Waals surface area contributed by atoms with Gasteiger partial charge in [-0.15, -0.1) is 0 Å². The highest BCUT2D eigenvalue weighted by molar-refractivity contribution is 5.76. The van der Waals surface area contributed by atoms with E-state index in [-0.39, 0.29) is 11.9 Å². The molecule has 0 fully saturated rings. The van der Waals surface area contributed by atoms with Gasteiger partial charge in [-0.1, -0.05) is 5.16 Å². The second-order valence-corrected chi connectivity index (χ2v) is 3.44. The van der Waals surface area contributed by atoms with Crippen LogP contribution in [0.15, 0.2) is 27.5 Å². The second kappa shape index (κ2) is 4.82. The van der Waals surface area contributed by atoms with Crippen LogP contribution in [-0.2, 0) is 9.53 Å². The third kappa shape index (κ3) is 2.35. The highest BCUT2D eigenvalue weighted by Gasteiger charge is 2.23. The second-order valence-electron chi connectivity index (χ2n) is 3.44. The fraction of sp³-hybridized carbons (Fsp3) is 0.364. The summed E-state index contributed by atoms with van der Waals surface area (Å²) in [6, 6.07) is 1.71. The highest BCUT2D eigenvalue weighted by atomic mass is 16.5. The van der Waals surface area contributed by atoms with E-state index in [0.29, 0.717) is 18.0 Å². The van der Waals surface area contributed by atoms with E-state index in [1.165, 1.54) is 12.5 Å². The molecule has 0 aromatic carbocycles. The van der Waals surface area contributed by atoms with Crippen molar-refractivity contribution in [1.29, 1.82) is 0 Å². The van der Waals surface area contributed by atoms with Gasteiger partial charge in [0, 0.05) is 0 Å². The molecule has 2 aromatic rings. The molecule has 0 spiro atoms.